The van der Waals surface area contributed by atoms with Gasteiger partial charge in [0.15, 0.2) is 0 Å². The summed E-state index contributed by atoms with van der Waals surface area (Å²) in [7, 11) is 1.62. The van der Waals surface area contributed by atoms with Gasteiger partial charge < -0.3 is 14.7 Å². The van der Waals surface area contributed by atoms with Crippen molar-refractivity contribution >= 4 is 5.91 Å². The number of aliphatic hydroxyl groups is 1. The molecule has 0 aromatic rings. The van der Waals surface area contributed by atoms with Gasteiger partial charge in [0.1, 0.15) is 0 Å². The van der Waals surface area contributed by atoms with Crippen molar-refractivity contribution in [3.63, 3.8) is 0 Å². The first-order valence-corrected chi connectivity index (χ1v) is 5.25. The van der Waals surface area contributed by atoms with Gasteiger partial charge in [0.25, 0.3) is 0 Å². The molecule has 15 heavy (non-hydrogen) atoms. The Bertz CT molecular complexity index is 194. The summed E-state index contributed by atoms with van der Waals surface area (Å²) in [4.78, 5) is 12.5. The molecule has 0 bridgehead atoms. The fourth-order valence-electron chi connectivity index (χ4n) is 1.08. The van der Waals surface area contributed by atoms with Crippen LogP contribution in [0.25, 0.3) is 0 Å². The Balaban J connectivity index is 3.59. The van der Waals surface area contributed by atoms with Crippen molar-refractivity contribution in [2.75, 3.05) is 26.8 Å². The number of aliphatic hydroxyl groups excluding tert-OH is 1. The molecular formula is C11H21NO3. The van der Waals surface area contributed by atoms with Crippen LogP contribution in [0.5, 0.6) is 0 Å². The molecule has 0 radical (unpaired) electrons. The minimum Gasteiger partial charge on any atom is -0.389 e. The summed E-state index contributed by atoms with van der Waals surface area (Å²) in [5, 5.41) is 9.51. The highest BCUT2D eigenvalue weighted by atomic mass is 16.5. The van der Waals surface area contributed by atoms with Gasteiger partial charge in [0.2, 0.25) is 5.91 Å². The predicted molar refractivity (Wildman–Crippen MR) is 59.6 cm³/mol. The fraction of sp³-hybridized carbons (Fsp3) is 0.727. The summed E-state index contributed by atoms with van der Waals surface area (Å²) in [5.74, 6) is -0.192. The Hall–Kier alpha value is -0.870. The highest BCUT2D eigenvalue weighted by Crippen LogP contribution is 1.94. The number of carbonyl (C=O) groups is 1. The van der Waals surface area contributed by atoms with E-state index in [4.69, 9.17) is 4.74 Å². The lowest BCUT2D eigenvalue weighted by Gasteiger charge is -2.19. The van der Waals surface area contributed by atoms with Crippen molar-refractivity contribution in [1.29, 1.82) is 0 Å². The maximum atomic E-state index is 11.1. The summed E-state index contributed by atoms with van der Waals surface area (Å²) < 4.78 is 5.24. The zero-order chi connectivity index (χ0) is 11.7. The lowest BCUT2D eigenvalue weighted by atomic mass is 10.3. The maximum Gasteiger partial charge on any atom is 0.245 e. The van der Waals surface area contributed by atoms with E-state index < -0.39 is 6.10 Å². The second-order valence-corrected chi connectivity index (χ2v) is 3.51. The van der Waals surface area contributed by atoms with E-state index >= 15 is 0 Å². The van der Waals surface area contributed by atoms with Gasteiger partial charge in [-0.15, -0.1) is 0 Å². The van der Waals surface area contributed by atoms with Gasteiger partial charge in [-0.05, 0) is 12.5 Å². The van der Waals surface area contributed by atoms with Crippen LogP contribution in [0, 0.1) is 0 Å². The Kier molecular flexibility index (Phi) is 7.95. The van der Waals surface area contributed by atoms with Gasteiger partial charge in [0, 0.05) is 20.2 Å². The Labute approximate surface area is 91.5 Å². The number of carbonyl (C=O) groups excluding carboxylic acids is 1. The van der Waals surface area contributed by atoms with E-state index in [0.29, 0.717) is 6.61 Å². The topological polar surface area (TPSA) is 49.8 Å². The highest BCUT2D eigenvalue weighted by molar-refractivity contribution is 5.86. The molecule has 1 atom stereocenters. The standard InChI is InChI=1S/C11H21NO3/c1-4-6-7-15-9-10(13)8-12(3)11(14)5-2/h5,10,13H,2,4,6-9H2,1,3H3. The van der Waals surface area contributed by atoms with Crippen LogP contribution in [0.1, 0.15) is 19.8 Å². The zero-order valence-corrected chi connectivity index (χ0v) is 9.61. The largest absolute Gasteiger partial charge is 0.389 e. The van der Waals surface area contributed by atoms with Gasteiger partial charge in [-0.3, -0.25) is 4.79 Å². The van der Waals surface area contributed by atoms with Gasteiger partial charge in [-0.2, -0.15) is 0 Å². The molecule has 1 amide bonds. The zero-order valence-electron chi connectivity index (χ0n) is 9.61. The first-order valence-electron chi connectivity index (χ1n) is 5.25. The molecule has 0 aromatic carbocycles. The van der Waals surface area contributed by atoms with Crippen LogP contribution < -0.4 is 0 Å². The van der Waals surface area contributed by atoms with E-state index in [1.54, 1.807) is 7.05 Å². The average Bonchev–Trinajstić information content (AvgIpc) is 2.23. The molecule has 0 aliphatic carbocycles. The maximum absolute atomic E-state index is 11.1. The van der Waals surface area contributed by atoms with E-state index in [-0.39, 0.29) is 19.1 Å². The van der Waals surface area contributed by atoms with E-state index in [2.05, 4.69) is 13.5 Å². The van der Waals surface area contributed by atoms with Crippen LogP contribution >= 0.6 is 0 Å². The van der Waals surface area contributed by atoms with Gasteiger partial charge in [-0.25, -0.2) is 0 Å². The van der Waals surface area contributed by atoms with Crippen LogP contribution in [-0.4, -0.2) is 48.8 Å². The molecule has 4 nitrogen and oxygen atoms in total. The third-order valence-electron chi connectivity index (χ3n) is 1.99. The first kappa shape index (κ1) is 14.1. The molecule has 0 aliphatic rings. The molecule has 0 heterocycles. The van der Waals surface area contributed by atoms with Gasteiger partial charge in [-0.1, -0.05) is 19.9 Å². The number of likely N-dealkylation sites (N-methyl/N-ethyl adjacent to an activating group) is 1. The van der Waals surface area contributed by atoms with Crippen molar-refractivity contribution in [3.8, 4) is 0 Å². The van der Waals surface area contributed by atoms with Gasteiger partial charge >= 0.3 is 0 Å². The monoisotopic (exact) mass is 215 g/mol. The second-order valence-electron chi connectivity index (χ2n) is 3.51. The average molecular weight is 215 g/mol. The smallest absolute Gasteiger partial charge is 0.245 e. The summed E-state index contributed by atoms with van der Waals surface area (Å²) in [6.45, 7) is 6.66. The summed E-state index contributed by atoms with van der Waals surface area (Å²) in [6, 6.07) is 0. The molecule has 0 aromatic heterocycles. The van der Waals surface area contributed by atoms with E-state index in [9.17, 15) is 9.90 Å². The summed E-state index contributed by atoms with van der Waals surface area (Å²) in [6.07, 6.45) is 2.67. The van der Waals surface area contributed by atoms with Crippen LogP contribution in [-0.2, 0) is 9.53 Å². The normalized spacial score (nSPS) is 12.2. The highest BCUT2D eigenvalue weighted by Gasteiger charge is 2.10. The minimum absolute atomic E-state index is 0.192. The van der Waals surface area contributed by atoms with Crippen molar-refractivity contribution < 1.29 is 14.6 Å². The molecule has 0 fully saturated rings. The van der Waals surface area contributed by atoms with Crippen LogP contribution in [0.4, 0.5) is 0 Å². The lowest BCUT2D eigenvalue weighted by molar-refractivity contribution is -0.126. The van der Waals surface area contributed by atoms with Crippen molar-refractivity contribution in [1.82, 2.24) is 4.90 Å². The lowest BCUT2D eigenvalue weighted by Crippen LogP contribution is -2.35. The van der Waals surface area contributed by atoms with E-state index in [1.807, 2.05) is 0 Å². The second kappa shape index (κ2) is 8.44. The molecule has 0 rings (SSSR count). The predicted octanol–water partition coefficient (Wildman–Crippen LogP) is 0.808. The molecule has 0 saturated carbocycles. The summed E-state index contributed by atoms with van der Waals surface area (Å²) in [5.41, 5.74) is 0. The number of rotatable bonds is 8. The van der Waals surface area contributed by atoms with Crippen molar-refractivity contribution in [2.45, 2.75) is 25.9 Å². The van der Waals surface area contributed by atoms with E-state index in [0.717, 1.165) is 12.8 Å². The third-order valence-corrected chi connectivity index (χ3v) is 1.99. The molecular weight excluding hydrogens is 194 g/mol. The molecule has 88 valence electrons. The van der Waals surface area contributed by atoms with Crippen molar-refractivity contribution in [2.24, 2.45) is 0 Å². The number of nitrogens with zero attached hydrogens (tertiary/aromatic N) is 1. The van der Waals surface area contributed by atoms with Crippen LogP contribution in [0.15, 0.2) is 12.7 Å². The molecule has 0 saturated heterocycles. The van der Waals surface area contributed by atoms with Crippen molar-refractivity contribution in [3.05, 3.63) is 12.7 Å². The van der Waals surface area contributed by atoms with Crippen LogP contribution in [0.2, 0.25) is 0 Å². The summed E-state index contributed by atoms with van der Waals surface area (Å²) >= 11 is 0. The quantitative estimate of drug-likeness (QED) is 0.481. The Morgan fingerprint density at radius 1 is 1.67 bits per heavy atom. The SMILES string of the molecule is C=CC(=O)N(C)CC(O)COCCCC. The van der Waals surface area contributed by atoms with Gasteiger partial charge in [0.05, 0.1) is 12.7 Å². The molecule has 0 spiro atoms. The molecule has 1 N–H and O–H groups in total. The number of hydrogen-bond donors (Lipinski definition) is 1. The molecule has 1 unspecified atom stereocenters. The fourth-order valence-corrected chi connectivity index (χ4v) is 1.08. The number of amides is 1. The first-order chi connectivity index (χ1) is 7.11. The molecule has 4 heteroatoms. The minimum atomic E-state index is -0.629. The van der Waals surface area contributed by atoms with Crippen LogP contribution in [0.3, 0.4) is 0 Å². The Morgan fingerprint density at radius 3 is 2.87 bits per heavy atom. The number of unbranched alkanes of at least 4 members (excludes halogenated alkanes) is 1. The van der Waals surface area contributed by atoms with E-state index in [1.165, 1.54) is 11.0 Å². The number of ether oxygens (including phenoxy) is 1. The molecule has 0 aliphatic heterocycles. The Morgan fingerprint density at radius 2 is 2.33 bits per heavy atom. The third kappa shape index (κ3) is 7.11. The number of hydrogen-bond acceptors (Lipinski definition) is 3.